The summed E-state index contributed by atoms with van der Waals surface area (Å²) in [4.78, 5) is 13.1. The third kappa shape index (κ3) is 5.48. The Morgan fingerprint density at radius 1 is 1.42 bits per heavy atom. The number of amides is 1. The minimum Gasteiger partial charge on any atom is -0.375 e. The second-order valence-electron chi connectivity index (χ2n) is 4.44. The van der Waals surface area contributed by atoms with E-state index in [0.717, 1.165) is 5.57 Å². The van der Waals surface area contributed by atoms with E-state index in [2.05, 4.69) is 22.1 Å². The lowest BCUT2D eigenvalue weighted by Crippen LogP contribution is -2.23. The van der Waals surface area contributed by atoms with Crippen molar-refractivity contribution in [2.45, 2.75) is 6.92 Å². The van der Waals surface area contributed by atoms with Crippen LogP contribution in [0.3, 0.4) is 0 Å². The molecule has 19 heavy (non-hydrogen) atoms. The monoisotopic (exact) mass is 264 g/mol. The van der Waals surface area contributed by atoms with Crippen LogP contribution in [0.15, 0.2) is 24.3 Å². The zero-order chi connectivity index (χ0) is 14.3. The molecule has 0 aliphatic rings. The lowest BCUT2D eigenvalue weighted by atomic mass is 10.3. The average molecular weight is 264 g/mol. The van der Waals surface area contributed by atoms with E-state index >= 15 is 0 Å². The van der Waals surface area contributed by atoms with Gasteiger partial charge in [-0.25, -0.2) is 0 Å². The van der Waals surface area contributed by atoms with E-state index in [1.165, 1.54) is 4.90 Å². The van der Waals surface area contributed by atoms with Crippen molar-refractivity contribution in [1.29, 1.82) is 0 Å². The summed E-state index contributed by atoms with van der Waals surface area (Å²) in [5, 5.41) is 10.9. The molecule has 1 rings (SSSR count). The average Bonchev–Trinajstić information content (AvgIpc) is 2.37. The maximum Gasteiger partial charge on any atom is 0.273 e. The quantitative estimate of drug-likeness (QED) is 0.591. The summed E-state index contributed by atoms with van der Waals surface area (Å²) >= 11 is 0. The Kier molecular flexibility index (Phi) is 5.95. The first-order chi connectivity index (χ1) is 9.00. The third-order valence-corrected chi connectivity index (χ3v) is 2.19. The van der Waals surface area contributed by atoms with Crippen LogP contribution in [-0.4, -0.2) is 54.9 Å². The molecule has 0 radical (unpaired) electrons. The second kappa shape index (κ2) is 7.48. The Balaban J connectivity index is 2.36. The Morgan fingerprint density at radius 3 is 2.68 bits per heavy atom. The molecule has 0 atom stereocenters. The highest BCUT2D eigenvalue weighted by molar-refractivity contribution is 5.91. The predicted molar refractivity (Wildman–Crippen MR) is 74.2 cm³/mol. The molecule has 0 unspecified atom stereocenters. The number of nitrogens with zero attached hydrogens (tertiary/aromatic N) is 3. The van der Waals surface area contributed by atoms with Crippen molar-refractivity contribution in [3.63, 3.8) is 0 Å². The van der Waals surface area contributed by atoms with Crippen LogP contribution in [0.4, 0.5) is 5.82 Å². The van der Waals surface area contributed by atoms with Crippen molar-refractivity contribution in [2.75, 3.05) is 39.2 Å². The molecule has 0 fully saturated rings. The normalized spacial score (nSPS) is 10.1. The lowest BCUT2D eigenvalue weighted by molar-refractivity contribution is 0.0821. The van der Waals surface area contributed by atoms with Gasteiger partial charge in [0.25, 0.3) is 5.91 Å². The van der Waals surface area contributed by atoms with Crippen molar-refractivity contribution in [3.05, 3.63) is 30.0 Å². The van der Waals surface area contributed by atoms with Crippen LogP contribution < -0.4 is 5.32 Å². The van der Waals surface area contributed by atoms with Crippen LogP contribution in [0.2, 0.25) is 0 Å². The van der Waals surface area contributed by atoms with E-state index in [-0.39, 0.29) is 5.91 Å². The summed E-state index contributed by atoms with van der Waals surface area (Å²) in [5.41, 5.74) is 1.32. The Morgan fingerprint density at radius 2 is 2.16 bits per heavy atom. The number of carbonyl (C=O) groups excluding carboxylic acids is 1. The van der Waals surface area contributed by atoms with Gasteiger partial charge in [0, 0.05) is 20.6 Å². The molecule has 6 heteroatoms. The van der Waals surface area contributed by atoms with E-state index in [1.807, 2.05) is 6.92 Å². The fourth-order valence-corrected chi connectivity index (χ4v) is 1.27. The molecule has 1 amide bonds. The van der Waals surface area contributed by atoms with Crippen molar-refractivity contribution in [2.24, 2.45) is 0 Å². The summed E-state index contributed by atoms with van der Waals surface area (Å²) in [6.07, 6.45) is 0. The SMILES string of the molecule is C=C(C)COCCNc1ccc(C(=O)N(C)C)nn1. The number of hydrogen-bond acceptors (Lipinski definition) is 5. The fraction of sp³-hybridized carbons (Fsp3) is 0.462. The molecule has 0 saturated heterocycles. The van der Waals surface area contributed by atoms with Crippen LogP contribution in [-0.2, 0) is 4.74 Å². The molecular weight excluding hydrogens is 244 g/mol. The molecule has 104 valence electrons. The van der Waals surface area contributed by atoms with Crippen LogP contribution >= 0.6 is 0 Å². The summed E-state index contributed by atoms with van der Waals surface area (Å²) in [6.45, 7) is 7.41. The standard InChI is InChI=1S/C13H20N4O2/c1-10(2)9-19-8-7-14-12-6-5-11(15-16-12)13(18)17(3)4/h5-6H,1,7-9H2,2-4H3,(H,14,16). The Labute approximate surface area is 113 Å². The van der Waals surface area contributed by atoms with Crippen molar-refractivity contribution in [1.82, 2.24) is 15.1 Å². The van der Waals surface area contributed by atoms with E-state index in [9.17, 15) is 4.79 Å². The zero-order valence-electron chi connectivity index (χ0n) is 11.6. The molecule has 0 aliphatic carbocycles. The van der Waals surface area contributed by atoms with Gasteiger partial charge in [0.2, 0.25) is 0 Å². The van der Waals surface area contributed by atoms with Crippen molar-refractivity contribution in [3.8, 4) is 0 Å². The Bertz CT molecular complexity index is 429. The predicted octanol–water partition coefficient (Wildman–Crippen LogP) is 1.18. The number of aromatic nitrogens is 2. The fourth-order valence-electron chi connectivity index (χ4n) is 1.27. The van der Waals surface area contributed by atoms with Gasteiger partial charge in [0.1, 0.15) is 5.82 Å². The van der Waals surface area contributed by atoms with Gasteiger partial charge in [-0.3, -0.25) is 4.79 Å². The summed E-state index contributed by atoms with van der Waals surface area (Å²) < 4.78 is 5.34. The highest BCUT2D eigenvalue weighted by Crippen LogP contribution is 2.03. The minimum absolute atomic E-state index is 0.163. The van der Waals surface area contributed by atoms with Gasteiger partial charge < -0.3 is 15.0 Å². The molecule has 1 heterocycles. The number of carbonyl (C=O) groups is 1. The molecule has 1 aromatic heterocycles. The smallest absolute Gasteiger partial charge is 0.273 e. The molecule has 0 bridgehead atoms. The Hall–Kier alpha value is -1.95. The van der Waals surface area contributed by atoms with E-state index in [0.29, 0.717) is 31.3 Å². The van der Waals surface area contributed by atoms with E-state index in [4.69, 9.17) is 4.74 Å². The van der Waals surface area contributed by atoms with Gasteiger partial charge in [-0.15, -0.1) is 10.2 Å². The maximum absolute atomic E-state index is 11.6. The van der Waals surface area contributed by atoms with Crippen molar-refractivity contribution >= 4 is 11.7 Å². The zero-order valence-corrected chi connectivity index (χ0v) is 11.6. The molecule has 6 nitrogen and oxygen atoms in total. The van der Waals surface area contributed by atoms with Crippen molar-refractivity contribution < 1.29 is 9.53 Å². The first-order valence-electron chi connectivity index (χ1n) is 6.02. The summed E-state index contributed by atoms with van der Waals surface area (Å²) in [5.74, 6) is 0.457. The first-order valence-corrected chi connectivity index (χ1v) is 6.02. The van der Waals surface area contributed by atoms with Gasteiger partial charge in [-0.2, -0.15) is 0 Å². The molecule has 0 aliphatic heterocycles. The number of rotatable bonds is 7. The van der Waals surface area contributed by atoms with E-state index in [1.54, 1.807) is 26.2 Å². The van der Waals surface area contributed by atoms with Crippen LogP contribution in [0.25, 0.3) is 0 Å². The van der Waals surface area contributed by atoms with Gasteiger partial charge >= 0.3 is 0 Å². The summed E-state index contributed by atoms with van der Waals surface area (Å²) in [6, 6.07) is 3.37. The second-order valence-corrected chi connectivity index (χ2v) is 4.44. The first kappa shape index (κ1) is 15.1. The number of nitrogens with one attached hydrogen (secondary N) is 1. The maximum atomic E-state index is 11.6. The van der Waals surface area contributed by atoms with E-state index < -0.39 is 0 Å². The van der Waals surface area contributed by atoms with Crippen LogP contribution in [0, 0.1) is 0 Å². The number of ether oxygens (including phenoxy) is 1. The molecule has 0 saturated carbocycles. The minimum atomic E-state index is -0.163. The molecule has 1 aromatic rings. The number of hydrogen-bond donors (Lipinski definition) is 1. The topological polar surface area (TPSA) is 67.3 Å². The van der Waals surface area contributed by atoms with Crippen LogP contribution in [0.5, 0.6) is 0 Å². The lowest BCUT2D eigenvalue weighted by Gasteiger charge is -2.09. The van der Waals surface area contributed by atoms with Crippen LogP contribution in [0.1, 0.15) is 17.4 Å². The molecule has 0 aromatic carbocycles. The highest BCUT2D eigenvalue weighted by Gasteiger charge is 2.09. The molecular formula is C13H20N4O2. The third-order valence-electron chi connectivity index (χ3n) is 2.19. The number of anilines is 1. The molecule has 1 N–H and O–H groups in total. The molecule has 0 spiro atoms. The highest BCUT2D eigenvalue weighted by atomic mass is 16.5. The van der Waals surface area contributed by atoms with Gasteiger partial charge in [-0.05, 0) is 19.1 Å². The van der Waals surface area contributed by atoms with Gasteiger partial charge in [0.15, 0.2) is 5.69 Å². The summed E-state index contributed by atoms with van der Waals surface area (Å²) in [7, 11) is 3.35. The largest absolute Gasteiger partial charge is 0.375 e. The van der Waals surface area contributed by atoms with Gasteiger partial charge in [-0.1, -0.05) is 12.2 Å². The van der Waals surface area contributed by atoms with Gasteiger partial charge in [0.05, 0.1) is 13.2 Å².